The summed E-state index contributed by atoms with van der Waals surface area (Å²) in [7, 11) is 0. The lowest BCUT2D eigenvalue weighted by Crippen LogP contribution is -2.34. The summed E-state index contributed by atoms with van der Waals surface area (Å²) in [5.41, 5.74) is 5.82. The van der Waals surface area contributed by atoms with Gasteiger partial charge in [0.05, 0.1) is 11.4 Å². The standard InChI is InChI=1S/C21H23N5O3/c1-11-9-19-22-12(2)16(13(3)26(19)25-11)6-8-20(27)23-15-5-7-18-17(10-15)24-21(28)14(4)29-18/h5,7,9-10,14H,6,8H2,1-4H3,(H,23,27)(H,24,28). The first-order valence-corrected chi connectivity index (χ1v) is 9.55. The van der Waals surface area contributed by atoms with Gasteiger partial charge in [0.1, 0.15) is 5.75 Å². The van der Waals surface area contributed by atoms with Gasteiger partial charge >= 0.3 is 0 Å². The van der Waals surface area contributed by atoms with Crippen LogP contribution in [0.1, 0.15) is 36.0 Å². The average molecular weight is 393 g/mol. The normalized spacial score (nSPS) is 15.6. The minimum absolute atomic E-state index is 0.114. The predicted molar refractivity (Wildman–Crippen MR) is 109 cm³/mol. The number of anilines is 2. The maximum absolute atomic E-state index is 12.5. The zero-order valence-corrected chi connectivity index (χ0v) is 16.9. The first-order valence-electron chi connectivity index (χ1n) is 9.55. The van der Waals surface area contributed by atoms with Gasteiger partial charge in [-0.3, -0.25) is 9.59 Å². The van der Waals surface area contributed by atoms with Gasteiger partial charge in [-0.25, -0.2) is 9.50 Å². The monoisotopic (exact) mass is 393 g/mol. The summed E-state index contributed by atoms with van der Waals surface area (Å²) in [6.07, 6.45) is 0.346. The van der Waals surface area contributed by atoms with E-state index in [2.05, 4.69) is 20.7 Å². The quantitative estimate of drug-likeness (QED) is 0.710. The molecule has 3 heterocycles. The molecule has 1 aromatic carbocycles. The van der Waals surface area contributed by atoms with Gasteiger partial charge in [-0.2, -0.15) is 5.10 Å². The number of benzene rings is 1. The van der Waals surface area contributed by atoms with Gasteiger partial charge in [0.25, 0.3) is 5.91 Å². The fourth-order valence-corrected chi connectivity index (χ4v) is 3.55. The van der Waals surface area contributed by atoms with Crippen LogP contribution in [0.15, 0.2) is 24.3 Å². The van der Waals surface area contributed by atoms with Crippen molar-refractivity contribution in [3.8, 4) is 5.75 Å². The molecule has 0 aliphatic carbocycles. The van der Waals surface area contributed by atoms with E-state index < -0.39 is 6.10 Å². The number of hydrogen-bond donors (Lipinski definition) is 2. The molecule has 8 heteroatoms. The number of ether oxygens (including phenoxy) is 1. The number of nitrogens with one attached hydrogen (secondary N) is 2. The number of nitrogens with zero attached hydrogens (tertiary/aromatic N) is 3. The Balaban J connectivity index is 1.45. The molecule has 0 spiro atoms. The Morgan fingerprint density at radius 3 is 2.86 bits per heavy atom. The second-order valence-corrected chi connectivity index (χ2v) is 7.33. The van der Waals surface area contributed by atoms with Gasteiger partial charge < -0.3 is 15.4 Å². The van der Waals surface area contributed by atoms with E-state index in [0.29, 0.717) is 30.0 Å². The summed E-state index contributed by atoms with van der Waals surface area (Å²) in [4.78, 5) is 28.9. The van der Waals surface area contributed by atoms with Crippen molar-refractivity contribution in [2.45, 2.75) is 46.6 Å². The fraction of sp³-hybridized carbons (Fsp3) is 0.333. The molecule has 1 aliphatic rings. The number of carbonyl (C=O) groups excluding carboxylic acids is 2. The van der Waals surface area contributed by atoms with Crippen LogP contribution in [0.5, 0.6) is 5.75 Å². The first-order chi connectivity index (χ1) is 13.8. The summed E-state index contributed by atoms with van der Waals surface area (Å²) in [6.45, 7) is 7.57. The lowest BCUT2D eigenvalue weighted by Gasteiger charge is -2.23. The van der Waals surface area contributed by atoms with Crippen LogP contribution in [0.25, 0.3) is 5.65 Å². The molecule has 0 saturated carbocycles. The highest BCUT2D eigenvalue weighted by atomic mass is 16.5. The number of rotatable bonds is 4. The van der Waals surface area contributed by atoms with Crippen molar-refractivity contribution < 1.29 is 14.3 Å². The third-order valence-corrected chi connectivity index (χ3v) is 5.08. The number of aryl methyl sites for hydroxylation is 3. The number of hydrogen-bond acceptors (Lipinski definition) is 5. The van der Waals surface area contributed by atoms with E-state index >= 15 is 0 Å². The molecular weight excluding hydrogens is 370 g/mol. The Kier molecular flexibility index (Phi) is 4.70. The van der Waals surface area contributed by atoms with Crippen LogP contribution in [0.2, 0.25) is 0 Å². The molecule has 1 aliphatic heterocycles. The summed E-state index contributed by atoms with van der Waals surface area (Å²) >= 11 is 0. The van der Waals surface area contributed by atoms with Crippen LogP contribution in [0.4, 0.5) is 11.4 Å². The molecule has 0 radical (unpaired) electrons. The van der Waals surface area contributed by atoms with Crippen molar-refractivity contribution in [3.63, 3.8) is 0 Å². The highest BCUT2D eigenvalue weighted by Gasteiger charge is 2.23. The molecule has 0 saturated heterocycles. The average Bonchev–Trinajstić information content (AvgIpc) is 3.03. The van der Waals surface area contributed by atoms with Crippen molar-refractivity contribution in [3.05, 3.63) is 46.9 Å². The van der Waals surface area contributed by atoms with E-state index in [1.165, 1.54) is 0 Å². The topological polar surface area (TPSA) is 97.6 Å². The van der Waals surface area contributed by atoms with E-state index in [9.17, 15) is 9.59 Å². The first kappa shape index (κ1) is 18.9. The lowest BCUT2D eigenvalue weighted by molar-refractivity contribution is -0.122. The second kappa shape index (κ2) is 7.20. The van der Waals surface area contributed by atoms with Crippen LogP contribution in [-0.2, 0) is 16.0 Å². The molecule has 0 fully saturated rings. The summed E-state index contributed by atoms with van der Waals surface area (Å²) in [5.74, 6) is 0.274. The SMILES string of the molecule is Cc1cc2nc(C)c(CCC(=O)Nc3ccc4c(c3)NC(=O)C(C)O4)c(C)n2n1. The van der Waals surface area contributed by atoms with E-state index in [0.717, 1.165) is 28.3 Å². The van der Waals surface area contributed by atoms with Crippen LogP contribution >= 0.6 is 0 Å². The van der Waals surface area contributed by atoms with Gasteiger partial charge in [0.15, 0.2) is 11.8 Å². The number of amides is 2. The predicted octanol–water partition coefficient (Wildman–Crippen LogP) is 2.95. The van der Waals surface area contributed by atoms with Gasteiger partial charge in [-0.15, -0.1) is 0 Å². The van der Waals surface area contributed by atoms with Crippen LogP contribution < -0.4 is 15.4 Å². The van der Waals surface area contributed by atoms with Crippen LogP contribution in [-0.4, -0.2) is 32.5 Å². The van der Waals surface area contributed by atoms with Gasteiger partial charge in [0.2, 0.25) is 5.91 Å². The highest BCUT2D eigenvalue weighted by Crippen LogP contribution is 2.32. The van der Waals surface area contributed by atoms with Gasteiger partial charge in [-0.1, -0.05) is 0 Å². The molecule has 2 N–H and O–H groups in total. The molecule has 1 unspecified atom stereocenters. The molecule has 1 atom stereocenters. The molecule has 0 bridgehead atoms. The van der Waals surface area contributed by atoms with Crippen LogP contribution in [0.3, 0.4) is 0 Å². The summed E-state index contributed by atoms with van der Waals surface area (Å²) in [6, 6.07) is 7.15. The second-order valence-electron chi connectivity index (χ2n) is 7.33. The summed E-state index contributed by atoms with van der Waals surface area (Å²) in [5, 5.41) is 10.1. The molecule has 2 amide bonds. The molecule has 150 valence electrons. The molecule has 3 aromatic rings. The van der Waals surface area contributed by atoms with Crippen molar-refractivity contribution in [2.24, 2.45) is 0 Å². The Morgan fingerprint density at radius 1 is 1.28 bits per heavy atom. The van der Waals surface area contributed by atoms with Crippen LogP contribution in [0, 0.1) is 20.8 Å². The van der Waals surface area contributed by atoms with Crippen molar-refractivity contribution in [1.82, 2.24) is 14.6 Å². The van der Waals surface area contributed by atoms with Gasteiger partial charge in [-0.05, 0) is 57.9 Å². The Morgan fingerprint density at radius 2 is 2.07 bits per heavy atom. The van der Waals surface area contributed by atoms with E-state index in [4.69, 9.17) is 4.74 Å². The molecule has 8 nitrogen and oxygen atoms in total. The van der Waals surface area contributed by atoms with Gasteiger partial charge in [0, 0.05) is 29.6 Å². The molecule has 2 aromatic heterocycles. The maximum Gasteiger partial charge on any atom is 0.265 e. The number of fused-ring (bicyclic) bond motifs is 2. The lowest BCUT2D eigenvalue weighted by atomic mass is 10.1. The molecule has 29 heavy (non-hydrogen) atoms. The Bertz CT molecular complexity index is 1140. The largest absolute Gasteiger partial charge is 0.479 e. The molecular formula is C21H23N5O3. The zero-order valence-electron chi connectivity index (χ0n) is 16.9. The minimum Gasteiger partial charge on any atom is -0.479 e. The third kappa shape index (κ3) is 3.65. The summed E-state index contributed by atoms with van der Waals surface area (Å²) < 4.78 is 7.35. The van der Waals surface area contributed by atoms with Crippen molar-refractivity contribution in [2.75, 3.05) is 10.6 Å². The van der Waals surface area contributed by atoms with Crippen molar-refractivity contribution in [1.29, 1.82) is 0 Å². The van der Waals surface area contributed by atoms with Crippen molar-refractivity contribution >= 4 is 28.8 Å². The zero-order chi connectivity index (χ0) is 20.7. The number of carbonyl (C=O) groups is 2. The Hall–Kier alpha value is -3.42. The maximum atomic E-state index is 12.5. The third-order valence-electron chi connectivity index (χ3n) is 5.08. The highest BCUT2D eigenvalue weighted by molar-refractivity contribution is 5.99. The molecule has 4 rings (SSSR count). The smallest absolute Gasteiger partial charge is 0.265 e. The fourth-order valence-electron chi connectivity index (χ4n) is 3.55. The van der Waals surface area contributed by atoms with E-state index in [1.807, 2.05) is 31.4 Å². The van der Waals surface area contributed by atoms with E-state index in [1.54, 1.807) is 25.1 Å². The minimum atomic E-state index is -0.529. The number of aromatic nitrogens is 3. The Labute approximate surface area is 168 Å². The van der Waals surface area contributed by atoms with E-state index in [-0.39, 0.29) is 11.8 Å².